The number of esters is 2. The van der Waals surface area contributed by atoms with Gasteiger partial charge in [-0.25, -0.2) is 14.4 Å². The van der Waals surface area contributed by atoms with E-state index in [1.54, 1.807) is 24.3 Å². The van der Waals surface area contributed by atoms with Gasteiger partial charge >= 0.3 is 17.9 Å². The summed E-state index contributed by atoms with van der Waals surface area (Å²) < 4.78 is 4.91. The zero-order valence-electron chi connectivity index (χ0n) is 12.4. The highest BCUT2D eigenvalue weighted by Crippen LogP contribution is 2.19. The molecule has 118 valence electrons. The van der Waals surface area contributed by atoms with Crippen LogP contribution in [0.3, 0.4) is 0 Å². The van der Waals surface area contributed by atoms with Gasteiger partial charge in [0, 0.05) is 0 Å². The number of rotatable bonds is 3. The molecule has 0 saturated carbocycles. The minimum Gasteiger partial charge on any atom is -0.478 e. The van der Waals surface area contributed by atoms with Gasteiger partial charge in [-0.2, -0.15) is 0 Å². The first-order valence-electron chi connectivity index (χ1n) is 7.14. The van der Waals surface area contributed by atoms with Crippen molar-refractivity contribution in [2.24, 2.45) is 0 Å². The van der Waals surface area contributed by atoms with Gasteiger partial charge in [0.15, 0.2) is 0 Å². The van der Waals surface area contributed by atoms with E-state index in [9.17, 15) is 14.4 Å². The quantitative estimate of drug-likeness (QED) is 0.590. The highest BCUT2D eigenvalue weighted by Gasteiger charge is 2.17. The Kier molecular flexibility index (Phi) is 4.07. The molecule has 0 atom stereocenters. The van der Waals surface area contributed by atoms with E-state index in [0.29, 0.717) is 10.9 Å². The first kappa shape index (κ1) is 15.4. The molecule has 1 N–H and O–H groups in total. The predicted molar refractivity (Wildman–Crippen MR) is 87.1 cm³/mol. The number of fused-ring (bicyclic) bond motifs is 1. The molecule has 0 unspecified atom stereocenters. The van der Waals surface area contributed by atoms with Crippen molar-refractivity contribution in [1.82, 2.24) is 0 Å². The molecule has 5 nitrogen and oxygen atoms in total. The zero-order chi connectivity index (χ0) is 17.1. The number of benzene rings is 3. The minimum atomic E-state index is -1.10. The molecular weight excluding hydrogens is 308 g/mol. The lowest BCUT2D eigenvalue weighted by atomic mass is 10.0. The number of hydrogen-bond acceptors (Lipinski definition) is 4. The van der Waals surface area contributed by atoms with E-state index < -0.39 is 17.9 Å². The molecule has 0 aliphatic rings. The van der Waals surface area contributed by atoms with Crippen molar-refractivity contribution in [3.05, 3.63) is 83.4 Å². The van der Waals surface area contributed by atoms with Gasteiger partial charge in [-0.3, -0.25) is 0 Å². The van der Waals surface area contributed by atoms with Crippen LogP contribution in [0.4, 0.5) is 0 Å². The van der Waals surface area contributed by atoms with Crippen LogP contribution in [0.1, 0.15) is 31.1 Å². The fraction of sp³-hybridized carbons (Fsp3) is 0. The van der Waals surface area contributed by atoms with E-state index >= 15 is 0 Å². The normalized spacial score (nSPS) is 10.3. The Bertz CT molecular complexity index is 936. The molecule has 0 aliphatic heterocycles. The number of carbonyl (C=O) groups is 3. The molecule has 0 aliphatic carbocycles. The van der Waals surface area contributed by atoms with Gasteiger partial charge in [0.1, 0.15) is 0 Å². The number of carbonyl (C=O) groups excluding carboxylic acids is 2. The van der Waals surface area contributed by atoms with Gasteiger partial charge in [-0.1, -0.05) is 36.4 Å². The first-order valence-corrected chi connectivity index (χ1v) is 7.14. The summed E-state index contributed by atoms with van der Waals surface area (Å²) in [6.45, 7) is 0. The summed E-state index contributed by atoms with van der Waals surface area (Å²) in [4.78, 5) is 35.1. The molecule has 0 spiro atoms. The molecule has 24 heavy (non-hydrogen) atoms. The van der Waals surface area contributed by atoms with Crippen LogP contribution >= 0.6 is 0 Å². The molecule has 0 heterocycles. The van der Waals surface area contributed by atoms with E-state index in [2.05, 4.69) is 0 Å². The van der Waals surface area contributed by atoms with Gasteiger partial charge < -0.3 is 9.84 Å². The lowest BCUT2D eigenvalue weighted by molar-refractivity contribution is 0.0398. The third-order valence-corrected chi connectivity index (χ3v) is 3.56. The molecule has 0 bridgehead atoms. The summed E-state index contributed by atoms with van der Waals surface area (Å²) in [7, 11) is 0. The minimum absolute atomic E-state index is 0.0481. The van der Waals surface area contributed by atoms with Crippen LogP contribution < -0.4 is 0 Å². The second kappa shape index (κ2) is 6.34. The Morgan fingerprint density at radius 2 is 1.33 bits per heavy atom. The van der Waals surface area contributed by atoms with Crippen LogP contribution in [-0.2, 0) is 4.74 Å². The van der Waals surface area contributed by atoms with E-state index in [1.807, 2.05) is 18.2 Å². The molecule has 0 radical (unpaired) electrons. The molecule has 3 rings (SSSR count). The van der Waals surface area contributed by atoms with Crippen molar-refractivity contribution >= 4 is 28.7 Å². The summed E-state index contributed by atoms with van der Waals surface area (Å²) >= 11 is 0. The molecule has 3 aromatic rings. The van der Waals surface area contributed by atoms with Crippen molar-refractivity contribution < 1.29 is 24.2 Å². The monoisotopic (exact) mass is 320 g/mol. The summed E-state index contributed by atoms with van der Waals surface area (Å²) in [5.74, 6) is -2.68. The molecule has 0 aromatic heterocycles. The molecule has 0 fully saturated rings. The molecule has 3 aromatic carbocycles. The van der Waals surface area contributed by atoms with E-state index in [4.69, 9.17) is 9.84 Å². The van der Waals surface area contributed by atoms with Crippen molar-refractivity contribution in [2.75, 3.05) is 0 Å². The van der Waals surface area contributed by atoms with Crippen LogP contribution in [0, 0.1) is 0 Å². The topological polar surface area (TPSA) is 80.7 Å². The van der Waals surface area contributed by atoms with Crippen LogP contribution in [0.15, 0.2) is 66.7 Å². The summed E-state index contributed by atoms with van der Waals surface area (Å²) in [6.07, 6.45) is 0. The Balaban J connectivity index is 1.83. The first-order chi connectivity index (χ1) is 11.6. The number of carboxylic acid groups (broad SMARTS) is 1. The van der Waals surface area contributed by atoms with Gasteiger partial charge in [-0.05, 0) is 41.1 Å². The smallest absolute Gasteiger partial charge is 0.346 e. The van der Waals surface area contributed by atoms with Crippen LogP contribution in [0.5, 0.6) is 0 Å². The fourth-order valence-electron chi connectivity index (χ4n) is 2.35. The van der Waals surface area contributed by atoms with E-state index in [1.165, 1.54) is 24.3 Å². The predicted octanol–water partition coefficient (Wildman–Crippen LogP) is 3.54. The maximum atomic E-state index is 12.3. The average Bonchev–Trinajstić information content (AvgIpc) is 2.61. The van der Waals surface area contributed by atoms with Crippen LogP contribution in [-0.4, -0.2) is 23.0 Å². The number of hydrogen-bond donors (Lipinski definition) is 1. The van der Waals surface area contributed by atoms with Gasteiger partial charge in [0.05, 0.1) is 16.7 Å². The van der Waals surface area contributed by atoms with Gasteiger partial charge in [0.2, 0.25) is 0 Å². The third kappa shape index (κ3) is 3.01. The van der Waals surface area contributed by atoms with Crippen molar-refractivity contribution in [3.63, 3.8) is 0 Å². The maximum absolute atomic E-state index is 12.3. The second-order valence-corrected chi connectivity index (χ2v) is 5.09. The second-order valence-electron chi connectivity index (χ2n) is 5.09. The molecule has 5 heteroatoms. The Hall–Kier alpha value is -3.47. The van der Waals surface area contributed by atoms with E-state index in [0.717, 1.165) is 5.39 Å². The Labute approximate surface area is 137 Å². The molecule has 0 saturated heterocycles. The zero-order valence-corrected chi connectivity index (χ0v) is 12.4. The summed E-state index contributed by atoms with van der Waals surface area (Å²) in [6, 6.07) is 17.6. The van der Waals surface area contributed by atoms with Gasteiger partial charge in [0.25, 0.3) is 0 Å². The number of ether oxygens (including phenoxy) is 1. The largest absolute Gasteiger partial charge is 0.478 e. The van der Waals surface area contributed by atoms with Crippen molar-refractivity contribution in [2.45, 2.75) is 0 Å². The standard InChI is InChI=1S/C19H12O5/c20-17(21)13-8-10-14(11-9-13)18(22)24-19(23)16-7-3-5-12-4-1-2-6-15(12)16/h1-11H,(H,20,21). The van der Waals surface area contributed by atoms with Crippen molar-refractivity contribution in [3.8, 4) is 0 Å². The van der Waals surface area contributed by atoms with Crippen LogP contribution in [0.25, 0.3) is 10.8 Å². The third-order valence-electron chi connectivity index (χ3n) is 3.56. The SMILES string of the molecule is O=C(O)c1ccc(C(=O)OC(=O)c2cccc3ccccc23)cc1. The summed E-state index contributed by atoms with van der Waals surface area (Å²) in [5, 5.41) is 10.4. The van der Waals surface area contributed by atoms with Crippen molar-refractivity contribution in [1.29, 1.82) is 0 Å². The summed E-state index contributed by atoms with van der Waals surface area (Å²) in [5.41, 5.74) is 0.448. The Morgan fingerprint density at radius 1 is 0.708 bits per heavy atom. The highest BCUT2D eigenvalue weighted by molar-refractivity contribution is 6.09. The average molecular weight is 320 g/mol. The number of carboxylic acids is 1. The highest BCUT2D eigenvalue weighted by atomic mass is 16.6. The molecular formula is C19H12O5. The molecule has 0 amide bonds. The lowest BCUT2D eigenvalue weighted by Gasteiger charge is -2.06. The van der Waals surface area contributed by atoms with Gasteiger partial charge in [-0.15, -0.1) is 0 Å². The van der Waals surface area contributed by atoms with E-state index in [-0.39, 0.29) is 11.1 Å². The van der Waals surface area contributed by atoms with Crippen LogP contribution in [0.2, 0.25) is 0 Å². The number of aromatic carboxylic acids is 1. The Morgan fingerprint density at radius 3 is 2.04 bits per heavy atom. The fourth-order valence-corrected chi connectivity index (χ4v) is 2.35. The maximum Gasteiger partial charge on any atom is 0.346 e. The lowest BCUT2D eigenvalue weighted by Crippen LogP contribution is -2.13.